The maximum Gasteiger partial charge on any atom is 0.274 e. The summed E-state index contributed by atoms with van der Waals surface area (Å²) in [6.45, 7) is 1.43. The molecule has 150 valence electrons. The lowest BCUT2D eigenvalue weighted by Crippen LogP contribution is -2.40. The highest BCUT2D eigenvalue weighted by Gasteiger charge is 2.28. The first-order valence-electron chi connectivity index (χ1n) is 9.63. The quantitative estimate of drug-likeness (QED) is 0.662. The fourth-order valence-corrected chi connectivity index (χ4v) is 3.64. The third kappa shape index (κ3) is 4.06. The van der Waals surface area contributed by atoms with Crippen LogP contribution in [-0.2, 0) is 13.7 Å². The monoisotopic (exact) mass is 393 g/mol. The Bertz CT molecular complexity index is 1020. The van der Waals surface area contributed by atoms with Gasteiger partial charge in [0.1, 0.15) is 19.3 Å². The number of amides is 1. The van der Waals surface area contributed by atoms with Crippen molar-refractivity contribution in [2.45, 2.75) is 25.5 Å². The summed E-state index contributed by atoms with van der Waals surface area (Å²) in [6, 6.07) is 11.3. The van der Waals surface area contributed by atoms with E-state index in [4.69, 9.17) is 4.74 Å². The summed E-state index contributed by atoms with van der Waals surface area (Å²) in [4.78, 5) is 27.5. The van der Waals surface area contributed by atoms with Crippen LogP contribution in [0.4, 0.5) is 0 Å². The van der Waals surface area contributed by atoms with Crippen molar-refractivity contribution in [1.82, 2.24) is 24.2 Å². The van der Waals surface area contributed by atoms with E-state index in [2.05, 4.69) is 10.2 Å². The molecule has 29 heavy (non-hydrogen) atoms. The van der Waals surface area contributed by atoms with Crippen molar-refractivity contribution in [2.24, 2.45) is 7.05 Å². The van der Waals surface area contributed by atoms with Crippen molar-refractivity contribution in [2.75, 3.05) is 13.1 Å². The summed E-state index contributed by atoms with van der Waals surface area (Å²) in [5.41, 5.74) is 0.935. The summed E-state index contributed by atoms with van der Waals surface area (Å²) < 4.78 is 9.47. The number of hydrogen-bond donors (Lipinski definition) is 0. The van der Waals surface area contributed by atoms with Crippen molar-refractivity contribution < 1.29 is 9.53 Å². The minimum atomic E-state index is -0.290. The van der Waals surface area contributed by atoms with Gasteiger partial charge in [0.15, 0.2) is 11.4 Å². The molecule has 0 saturated carbocycles. The van der Waals surface area contributed by atoms with Gasteiger partial charge in [0.05, 0.1) is 0 Å². The minimum absolute atomic E-state index is 0.102. The first-order chi connectivity index (χ1) is 14.1. The van der Waals surface area contributed by atoms with Crippen molar-refractivity contribution in [1.29, 1.82) is 0 Å². The smallest absolute Gasteiger partial charge is 0.274 e. The molecular formula is C21H23N5O3. The van der Waals surface area contributed by atoms with Crippen LogP contribution in [0.25, 0.3) is 0 Å². The Kier molecular flexibility index (Phi) is 5.41. The predicted octanol–water partition coefficient (Wildman–Crippen LogP) is 2.03. The second kappa shape index (κ2) is 8.30. The molecule has 0 radical (unpaired) electrons. The average molecular weight is 393 g/mol. The topological polar surface area (TPSA) is 82.2 Å². The SMILES string of the molecule is Cn1ccc(=O)c(OCc2ccccc2)c1C(=O)N1CCC(n2cnnc2)CC1. The van der Waals surface area contributed by atoms with Gasteiger partial charge in [0.2, 0.25) is 5.43 Å². The number of likely N-dealkylation sites (tertiary alicyclic amines) is 1. The molecule has 0 aliphatic carbocycles. The lowest BCUT2D eigenvalue weighted by Gasteiger charge is -2.32. The van der Waals surface area contributed by atoms with Gasteiger partial charge in [-0.25, -0.2) is 0 Å². The van der Waals surface area contributed by atoms with E-state index >= 15 is 0 Å². The minimum Gasteiger partial charge on any atom is -0.483 e. The molecular weight excluding hydrogens is 370 g/mol. The number of ether oxygens (including phenoxy) is 1. The second-order valence-corrected chi connectivity index (χ2v) is 7.18. The third-order valence-corrected chi connectivity index (χ3v) is 5.28. The summed E-state index contributed by atoms with van der Waals surface area (Å²) in [5, 5.41) is 7.71. The van der Waals surface area contributed by atoms with Gasteiger partial charge in [0.25, 0.3) is 5.91 Å². The Morgan fingerprint density at radius 1 is 1.10 bits per heavy atom. The van der Waals surface area contributed by atoms with E-state index in [1.165, 1.54) is 6.07 Å². The zero-order chi connectivity index (χ0) is 20.2. The number of benzene rings is 1. The van der Waals surface area contributed by atoms with E-state index < -0.39 is 0 Å². The van der Waals surface area contributed by atoms with Crippen LogP contribution in [0.5, 0.6) is 5.75 Å². The molecule has 1 aliphatic heterocycles. The fraction of sp³-hybridized carbons (Fsp3) is 0.333. The average Bonchev–Trinajstić information content (AvgIpc) is 3.29. The van der Waals surface area contributed by atoms with Gasteiger partial charge in [-0.05, 0) is 18.4 Å². The third-order valence-electron chi connectivity index (χ3n) is 5.28. The largest absolute Gasteiger partial charge is 0.483 e. The van der Waals surface area contributed by atoms with E-state index in [0.29, 0.717) is 13.1 Å². The lowest BCUT2D eigenvalue weighted by atomic mass is 10.0. The standard InChI is InChI=1S/C21H23N5O3/c1-24-10-9-18(27)20(29-13-16-5-3-2-4-6-16)19(24)21(28)25-11-7-17(8-12-25)26-14-22-23-15-26/h2-6,9-10,14-15,17H,7-8,11-13H2,1H3. The second-order valence-electron chi connectivity index (χ2n) is 7.18. The zero-order valence-electron chi connectivity index (χ0n) is 16.3. The molecule has 1 amide bonds. The number of piperidine rings is 1. The summed E-state index contributed by atoms with van der Waals surface area (Å²) in [7, 11) is 1.76. The van der Waals surface area contributed by atoms with Crippen LogP contribution in [0.1, 0.15) is 34.9 Å². The molecule has 1 aliphatic rings. The van der Waals surface area contributed by atoms with Crippen LogP contribution in [-0.4, -0.2) is 43.2 Å². The van der Waals surface area contributed by atoms with E-state index in [-0.39, 0.29) is 35.4 Å². The lowest BCUT2D eigenvalue weighted by molar-refractivity contribution is 0.0677. The molecule has 3 heterocycles. The van der Waals surface area contributed by atoms with Gasteiger partial charge in [-0.2, -0.15) is 0 Å². The molecule has 1 fully saturated rings. The molecule has 4 rings (SSSR count). The van der Waals surface area contributed by atoms with Crippen molar-refractivity contribution in [3.63, 3.8) is 0 Å². The Morgan fingerprint density at radius 2 is 1.79 bits per heavy atom. The summed E-state index contributed by atoms with van der Waals surface area (Å²) in [6.07, 6.45) is 6.64. The van der Waals surface area contributed by atoms with Crippen molar-refractivity contribution in [3.8, 4) is 5.75 Å². The van der Waals surface area contributed by atoms with E-state index in [0.717, 1.165) is 18.4 Å². The Balaban J connectivity index is 1.52. The molecule has 2 aromatic heterocycles. The molecule has 0 bridgehead atoms. The molecule has 0 unspecified atom stereocenters. The van der Waals surface area contributed by atoms with Gasteiger partial charge in [-0.3, -0.25) is 9.59 Å². The van der Waals surface area contributed by atoms with Crippen LogP contribution in [0.2, 0.25) is 0 Å². The van der Waals surface area contributed by atoms with Crippen LogP contribution in [0.15, 0.2) is 60.0 Å². The van der Waals surface area contributed by atoms with E-state index in [1.807, 2.05) is 34.9 Å². The Labute approximate surface area is 168 Å². The molecule has 1 saturated heterocycles. The molecule has 8 heteroatoms. The molecule has 0 atom stereocenters. The first-order valence-corrected chi connectivity index (χ1v) is 9.63. The maximum absolute atomic E-state index is 13.3. The number of nitrogens with zero attached hydrogens (tertiary/aromatic N) is 5. The highest BCUT2D eigenvalue weighted by molar-refractivity contribution is 5.95. The van der Waals surface area contributed by atoms with Gasteiger partial charge < -0.3 is 18.8 Å². The maximum atomic E-state index is 13.3. The predicted molar refractivity (Wildman–Crippen MR) is 107 cm³/mol. The number of carbonyl (C=O) groups excluding carboxylic acids is 1. The van der Waals surface area contributed by atoms with Gasteiger partial charge in [0, 0.05) is 38.4 Å². The number of aryl methyl sites for hydroxylation is 1. The highest BCUT2D eigenvalue weighted by atomic mass is 16.5. The highest BCUT2D eigenvalue weighted by Crippen LogP contribution is 2.24. The molecule has 8 nitrogen and oxygen atoms in total. The van der Waals surface area contributed by atoms with Crippen molar-refractivity contribution >= 4 is 5.91 Å². The van der Waals surface area contributed by atoms with Crippen LogP contribution >= 0.6 is 0 Å². The van der Waals surface area contributed by atoms with Gasteiger partial charge in [-0.15, -0.1) is 10.2 Å². The Hall–Kier alpha value is -3.42. The zero-order valence-corrected chi connectivity index (χ0v) is 16.3. The van der Waals surface area contributed by atoms with Gasteiger partial charge >= 0.3 is 0 Å². The summed E-state index contributed by atoms with van der Waals surface area (Å²) in [5.74, 6) is -0.0831. The number of rotatable bonds is 5. The van der Waals surface area contributed by atoms with Crippen LogP contribution < -0.4 is 10.2 Å². The molecule has 0 spiro atoms. The molecule has 3 aromatic rings. The number of hydrogen-bond acceptors (Lipinski definition) is 5. The van der Waals surface area contributed by atoms with Crippen molar-refractivity contribution in [3.05, 3.63) is 76.7 Å². The first kappa shape index (κ1) is 18.9. The van der Waals surface area contributed by atoms with E-state index in [1.54, 1.807) is 35.4 Å². The number of aromatic nitrogens is 4. The molecule has 0 N–H and O–H groups in total. The normalized spacial score (nSPS) is 14.7. The number of pyridine rings is 1. The number of carbonyl (C=O) groups is 1. The van der Waals surface area contributed by atoms with Gasteiger partial charge in [-0.1, -0.05) is 30.3 Å². The van der Waals surface area contributed by atoms with Crippen LogP contribution in [0, 0.1) is 0 Å². The van der Waals surface area contributed by atoms with E-state index in [9.17, 15) is 9.59 Å². The summed E-state index contributed by atoms with van der Waals surface area (Å²) >= 11 is 0. The van der Waals surface area contributed by atoms with Crippen LogP contribution in [0.3, 0.4) is 0 Å². The molecule has 1 aromatic carbocycles. The fourth-order valence-electron chi connectivity index (χ4n) is 3.64. The Morgan fingerprint density at radius 3 is 2.48 bits per heavy atom.